The minimum atomic E-state index is 0.304. The first-order chi connectivity index (χ1) is 11.6. The molecule has 1 N–H and O–H groups in total. The maximum absolute atomic E-state index is 6.38. The molecule has 0 aliphatic carbocycles. The molecule has 3 heterocycles. The van der Waals surface area contributed by atoms with Crippen LogP contribution < -0.4 is 0 Å². The lowest BCUT2D eigenvalue weighted by molar-refractivity contribution is 0.622. The van der Waals surface area contributed by atoms with Gasteiger partial charge in [-0.15, -0.1) is 0 Å². The van der Waals surface area contributed by atoms with Gasteiger partial charge in [0.1, 0.15) is 17.7 Å². The summed E-state index contributed by atoms with van der Waals surface area (Å²) >= 11 is 6.38. The molecule has 0 unspecified atom stereocenters. The summed E-state index contributed by atoms with van der Waals surface area (Å²) in [6.45, 7) is 4.27. The summed E-state index contributed by atoms with van der Waals surface area (Å²) in [6, 6.07) is 8.26. The van der Waals surface area contributed by atoms with E-state index in [0.717, 1.165) is 32.5 Å². The minimum absolute atomic E-state index is 0.304. The monoisotopic (exact) mass is 334 g/mol. The van der Waals surface area contributed by atoms with Crippen LogP contribution in [0.5, 0.6) is 0 Å². The van der Waals surface area contributed by atoms with Crippen molar-refractivity contribution in [1.82, 2.24) is 19.5 Å². The maximum atomic E-state index is 6.38. The van der Waals surface area contributed by atoms with Gasteiger partial charge < -0.3 is 9.55 Å². The molecule has 4 aromatic rings. The average molecular weight is 335 g/mol. The number of halogens is 1. The maximum Gasteiger partial charge on any atom is 0.141 e. The molecule has 0 amide bonds. The normalized spacial score (nSPS) is 11.2. The first-order valence-electron chi connectivity index (χ1n) is 7.74. The van der Waals surface area contributed by atoms with E-state index < -0.39 is 0 Å². The van der Waals surface area contributed by atoms with Crippen molar-refractivity contribution in [3.05, 3.63) is 59.3 Å². The number of H-pyrrole nitrogens is 1. The second kappa shape index (κ2) is 5.70. The van der Waals surface area contributed by atoms with Crippen LogP contribution in [-0.2, 0) is 0 Å². The second-order valence-corrected chi connectivity index (χ2v) is 6.30. The molecule has 118 valence electrons. The number of hydrogen-bond donors (Lipinski definition) is 1. The fourth-order valence-corrected chi connectivity index (χ4v) is 3.13. The molecule has 5 heteroatoms. The largest absolute Gasteiger partial charge is 0.346 e. The summed E-state index contributed by atoms with van der Waals surface area (Å²) in [6.07, 6.45) is 5.34. The van der Waals surface area contributed by atoms with Crippen molar-refractivity contribution in [3.63, 3.8) is 0 Å². The van der Waals surface area contributed by atoms with Gasteiger partial charge in [0.05, 0.1) is 15.9 Å². The predicted molar refractivity (Wildman–Crippen MR) is 97.2 cm³/mol. The molecule has 24 heavy (non-hydrogen) atoms. The first-order valence-corrected chi connectivity index (χ1v) is 8.12. The van der Waals surface area contributed by atoms with Crippen molar-refractivity contribution in [3.8, 4) is 11.8 Å². The summed E-state index contributed by atoms with van der Waals surface area (Å²) < 4.78 is 2.16. The Kier molecular flexibility index (Phi) is 3.51. The number of nitrogens with one attached hydrogen (secondary N) is 1. The van der Waals surface area contributed by atoms with Crippen molar-refractivity contribution >= 4 is 33.5 Å². The van der Waals surface area contributed by atoms with Gasteiger partial charge in [0.25, 0.3) is 0 Å². The van der Waals surface area contributed by atoms with Gasteiger partial charge in [0.15, 0.2) is 0 Å². The molecule has 0 aliphatic heterocycles. The summed E-state index contributed by atoms with van der Waals surface area (Å²) in [5.74, 6) is 6.44. The number of fused-ring (bicyclic) bond motifs is 2. The fraction of sp³-hybridized carbons (Fsp3) is 0.158. The molecule has 0 fully saturated rings. The van der Waals surface area contributed by atoms with Gasteiger partial charge in [-0.3, -0.25) is 0 Å². The summed E-state index contributed by atoms with van der Waals surface area (Å²) in [5, 5.41) is 2.69. The third-order valence-electron chi connectivity index (χ3n) is 4.03. The van der Waals surface area contributed by atoms with Gasteiger partial charge in [0, 0.05) is 29.4 Å². The Labute approximate surface area is 144 Å². The van der Waals surface area contributed by atoms with E-state index >= 15 is 0 Å². The standard InChI is InChI=1S/C19H15ClN4/c1-12(2)24-10-16(20)14-5-3-4-13(18(14)24)6-7-17-15-8-9-21-19(15)23-11-22-17/h3-5,8-12H,1-2H3,(H,21,22,23). The Morgan fingerprint density at radius 1 is 1.12 bits per heavy atom. The number of hydrogen-bond acceptors (Lipinski definition) is 2. The number of aromatic nitrogens is 4. The minimum Gasteiger partial charge on any atom is -0.346 e. The molecule has 3 aromatic heterocycles. The quantitative estimate of drug-likeness (QED) is 0.519. The van der Waals surface area contributed by atoms with E-state index in [1.807, 2.05) is 36.7 Å². The highest BCUT2D eigenvalue weighted by atomic mass is 35.5. The molecular formula is C19H15ClN4. The highest BCUT2D eigenvalue weighted by molar-refractivity contribution is 6.35. The molecule has 0 bridgehead atoms. The Morgan fingerprint density at radius 3 is 2.83 bits per heavy atom. The lowest BCUT2D eigenvalue weighted by atomic mass is 10.1. The first kappa shape index (κ1) is 14.8. The molecular weight excluding hydrogens is 320 g/mol. The zero-order chi connectivity index (χ0) is 16.7. The molecule has 1 aromatic carbocycles. The zero-order valence-corrected chi connectivity index (χ0v) is 14.1. The summed E-state index contributed by atoms with van der Waals surface area (Å²) in [5.41, 5.74) is 3.51. The summed E-state index contributed by atoms with van der Waals surface area (Å²) in [7, 11) is 0. The van der Waals surface area contributed by atoms with Gasteiger partial charge in [-0.2, -0.15) is 0 Å². The van der Waals surface area contributed by atoms with Gasteiger partial charge in [-0.25, -0.2) is 9.97 Å². The second-order valence-electron chi connectivity index (χ2n) is 5.89. The van der Waals surface area contributed by atoms with Crippen molar-refractivity contribution < 1.29 is 0 Å². The van der Waals surface area contributed by atoms with Gasteiger partial charge >= 0.3 is 0 Å². The third-order valence-corrected chi connectivity index (χ3v) is 4.33. The van der Waals surface area contributed by atoms with Crippen molar-refractivity contribution in [2.24, 2.45) is 0 Å². The SMILES string of the molecule is CC(C)n1cc(Cl)c2cccc(C#Cc3ncnc4[nH]ccc34)c21. The summed E-state index contributed by atoms with van der Waals surface area (Å²) in [4.78, 5) is 11.6. The molecule has 4 nitrogen and oxygen atoms in total. The van der Waals surface area contributed by atoms with Crippen LogP contribution in [-0.4, -0.2) is 19.5 Å². The van der Waals surface area contributed by atoms with Crippen molar-refractivity contribution in [1.29, 1.82) is 0 Å². The average Bonchev–Trinajstić information content (AvgIpc) is 3.18. The van der Waals surface area contributed by atoms with Crippen LogP contribution in [0.4, 0.5) is 0 Å². The fourth-order valence-electron chi connectivity index (χ4n) is 2.88. The van der Waals surface area contributed by atoms with E-state index in [0.29, 0.717) is 11.7 Å². The zero-order valence-electron chi connectivity index (χ0n) is 13.3. The Morgan fingerprint density at radius 2 is 2.00 bits per heavy atom. The predicted octanol–water partition coefficient (Wildman–Crippen LogP) is 4.55. The molecule has 0 saturated carbocycles. The highest BCUT2D eigenvalue weighted by Gasteiger charge is 2.12. The van der Waals surface area contributed by atoms with Gasteiger partial charge in [-0.05, 0) is 31.9 Å². The van der Waals surface area contributed by atoms with E-state index in [-0.39, 0.29) is 0 Å². The smallest absolute Gasteiger partial charge is 0.141 e. The lowest BCUT2D eigenvalue weighted by Gasteiger charge is -2.10. The third kappa shape index (κ3) is 2.34. The molecule has 0 atom stereocenters. The van der Waals surface area contributed by atoms with E-state index in [2.05, 4.69) is 45.2 Å². The highest BCUT2D eigenvalue weighted by Crippen LogP contribution is 2.30. The molecule has 4 rings (SSSR count). The van der Waals surface area contributed by atoms with Crippen LogP contribution in [0, 0.1) is 11.8 Å². The van der Waals surface area contributed by atoms with Crippen LogP contribution in [0.25, 0.3) is 21.9 Å². The van der Waals surface area contributed by atoms with E-state index in [1.54, 1.807) is 0 Å². The Hall–Kier alpha value is -2.77. The van der Waals surface area contributed by atoms with Crippen LogP contribution in [0.1, 0.15) is 31.1 Å². The topological polar surface area (TPSA) is 46.5 Å². The van der Waals surface area contributed by atoms with Crippen LogP contribution in [0.15, 0.2) is 43.0 Å². The van der Waals surface area contributed by atoms with Crippen LogP contribution in [0.3, 0.4) is 0 Å². The van der Waals surface area contributed by atoms with Crippen LogP contribution in [0.2, 0.25) is 5.02 Å². The van der Waals surface area contributed by atoms with Crippen LogP contribution >= 0.6 is 11.6 Å². The molecule has 0 aliphatic rings. The molecule has 0 spiro atoms. The number of para-hydroxylation sites is 1. The Bertz CT molecular complexity index is 1110. The molecule has 0 saturated heterocycles. The van der Waals surface area contributed by atoms with Gasteiger partial charge in [0.2, 0.25) is 0 Å². The number of aromatic amines is 1. The van der Waals surface area contributed by atoms with E-state index in [4.69, 9.17) is 11.6 Å². The number of benzene rings is 1. The van der Waals surface area contributed by atoms with E-state index in [9.17, 15) is 0 Å². The lowest BCUT2D eigenvalue weighted by Crippen LogP contribution is -1.99. The number of rotatable bonds is 1. The van der Waals surface area contributed by atoms with E-state index in [1.165, 1.54) is 6.33 Å². The Balaban J connectivity index is 1.91. The van der Waals surface area contributed by atoms with Crippen molar-refractivity contribution in [2.45, 2.75) is 19.9 Å². The van der Waals surface area contributed by atoms with Crippen molar-refractivity contribution in [2.75, 3.05) is 0 Å². The number of nitrogens with zero attached hydrogens (tertiary/aromatic N) is 3. The van der Waals surface area contributed by atoms with Gasteiger partial charge in [-0.1, -0.05) is 29.7 Å². The molecule has 0 radical (unpaired) electrons.